The number of carboxylic acid groups (broad SMARTS) is 2. The lowest BCUT2D eigenvalue weighted by atomic mass is 10.1. The maximum absolute atomic E-state index is 11.4. The van der Waals surface area contributed by atoms with Crippen LogP contribution in [0.5, 0.6) is 23.0 Å². The number of nitrogens with zero attached hydrogens (tertiary/aromatic N) is 2. The summed E-state index contributed by atoms with van der Waals surface area (Å²) in [7, 11) is 0. The molecule has 2 saturated heterocycles. The number of hydrogen-bond acceptors (Lipinski definition) is 10. The minimum atomic E-state index is -2.61. The molecule has 278 valence electrons. The Labute approximate surface area is 307 Å². The molecule has 2 fully saturated rings. The van der Waals surface area contributed by atoms with Crippen molar-refractivity contribution in [3.05, 3.63) is 96.1 Å². The Bertz CT molecular complexity index is 1720. The molecule has 2 aliphatic heterocycles. The number of para-hydroxylation sites is 2. The highest BCUT2D eigenvalue weighted by atomic mass is 32.2. The molecule has 6 rings (SSSR count). The Morgan fingerprint density at radius 3 is 1.23 bits per heavy atom. The Morgan fingerprint density at radius 1 is 0.615 bits per heavy atom. The summed E-state index contributed by atoms with van der Waals surface area (Å²) in [5, 5.41) is 18.7. The van der Waals surface area contributed by atoms with Crippen LogP contribution >= 0.6 is 0 Å². The summed E-state index contributed by atoms with van der Waals surface area (Å²) >= 11 is -5.22. The van der Waals surface area contributed by atoms with Crippen molar-refractivity contribution in [2.45, 2.75) is 39.5 Å². The number of hydrogen-bond donors (Lipinski definition) is 4. The smallest absolute Gasteiger partial charge is 0.335 e. The number of benzene rings is 4. The zero-order valence-corrected chi connectivity index (χ0v) is 30.2. The van der Waals surface area contributed by atoms with E-state index >= 15 is 0 Å². The number of aromatic carboxylic acids is 2. The van der Waals surface area contributed by atoms with Crippen LogP contribution in [0.1, 0.15) is 60.2 Å². The third-order valence-electron chi connectivity index (χ3n) is 7.84. The van der Waals surface area contributed by atoms with Crippen molar-refractivity contribution in [1.29, 1.82) is 0 Å². The maximum Gasteiger partial charge on any atom is 0.335 e. The van der Waals surface area contributed by atoms with Gasteiger partial charge in [-0.05, 0) is 74.2 Å². The molecule has 2 heterocycles. The number of ether oxygens (including phenoxy) is 2. The summed E-state index contributed by atoms with van der Waals surface area (Å²) < 4.78 is 61.0. The van der Waals surface area contributed by atoms with E-state index in [9.17, 15) is 37.3 Å². The van der Waals surface area contributed by atoms with Crippen molar-refractivity contribution < 1.29 is 46.8 Å². The van der Waals surface area contributed by atoms with Crippen molar-refractivity contribution in [3.8, 4) is 23.0 Å². The van der Waals surface area contributed by atoms with Crippen molar-refractivity contribution in [2.75, 3.05) is 45.4 Å². The summed E-state index contributed by atoms with van der Waals surface area (Å²) in [6, 6.07) is 23.4. The van der Waals surface area contributed by atoms with Gasteiger partial charge in [0.05, 0.1) is 33.9 Å². The second-order valence-corrected chi connectivity index (χ2v) is 12.6. The van der Waals surface area contributed by atoms with E-state index in [2.05, 4.69) is 9.44 Å². The van der Waals surface area contributed by atoms with Gasteiger partial charge in [-0.15, -0.1) is 0 Å². The lowest BCUT2D eigenvalue weighted by molar-refractivity contribution is 0.0686. The Balaban J connectivity index is 0.000000222. The zero-order chi connectivity index (χ0) is 37.6. The number of carbonyl (C=O) groups is 2. The van der Waals surface area contributed by atoms with E-state index in [1.165, 1.54) is 24.3 Å². The molecule has 14 nitrogen and oxygen atoms in total. The molecule has 4 N–H and O–H groups in total. The highest BCUT2D eigenvalue weighted by molar-refractivity contribution is 7.80. The summed E-state index contributed by atoms with van der Waals surface area (Å²) in [6.07, 6.45) is 3.94. The quantitative estimate of drug-likeness (QED) is 0.108. The largest absolute Gasteiger partial charge is 0.755 e. The predicted octanol–water partition coefficient (Wildman–Crippen LogP) is 6.99. The monoisotopic (exact) mass is 752 g/mol. The molecule has 16 heteroatoms. The second kappa shape index (κ2) is 19.4. The van der Waals surface area contributed by atoms with Crippen molar-refractivity contribution >= 4 is 57.2 Å². The maximum atomic E-state index is 11.4. The molecular formula is C36H40N4O10S2-2. The fourth-order valence-electron chi connectivity index (χ4n) is 5.62. The van der Waals surface area contributed by atoms with Crippen LogP contribution in [0.15, 0.2) is 84.9 Å². The third kappa shape index (κ3) is 10.9. The van der Waals surface area contributed by atoms with Gasteiger partial charge in [-0.25, -0.2) is 9.59 Å². The van der Waals surface area contributed by atoms with E-state index in [4.69, 9.17) is 9.47 Å². The van der Waals surface area contributed by atoms with Crippen LogP contribution < -0.4 is 28.7 Å². The van der Waals surface area contributed by atoms with Crippen LogP contribution in [0.3, 0.4) is 0 Å². The average Bonchev–Trinajstić information content (AvgIpc) is 3.87. The van der Waals surface area contributed by atoms with Gasteiger partial charge in [-0.1, -0.05) is 50.2 Å². The zero-order valence-electron chi connectivity index (χ0n) is 28.6. The van der Waals surface area contributed by atoms with Gasteiger partial charge in [-0.3, -0.25) is 8.42 Å². The van der Waals surface area contributed by atoms with Gasteiger partial charge in [0.15, 0.2) is 11.5 Å². The molecule has 0 bridgehead atoms. The Morgan fingerprint density at radius 2 is 0.942 bits per heavy atom. The van der Waals surface area contributed by atoms with Gasteiger partial charge in [0.1, 0.15) is 11.5 Å². The van der Waals surface area contributed by atoms with Gasteiger partial charge >= 0.3 is 11.9 Å². The summed E-state index contributed by atoms with van der Waals surface area (Å²) in [5.74, 6) is -0.612. The van der Waals surface area contributed by atoms with E-state index in [1.54, 1.807) is 48.5 Å². The van der Waals surface area contributed by atoms with Gasteiger partial charge in [0, 0.05) is 48.7 Å². The minimum absolute atomic E-state index is 0.00439. The number of rotatable bonds is 12. The summed E-state index contributed by atoms with van der Waals surface area (Å²) in [5.41, 5.74) is 1.31. The van der Waals surface area contributed by atoms with Crippen LogP contribution in [0.25, 0.3) is 0 Å². The summed E-state index contributed by atoms with van der Waals surface area (Å²) in [6.45, 7) is 7.03. The fraction of sp³-hybridized carbons (Fsp3) is 0.278. The molecule has 2 atom stereocenters. The lowest BCUT2D eigenvalue weighted by Gasteiger charge is -2.24. The second-order valence-electron chi connectivity index (χ2n) is 11.2. The first kappa shape index (κ1) is 39.6. The normalized spacial score (nSPS) is 14.5. The predicted molar refractivity (Wildman–Crippen MR) is 199 cm³/mol. The first-order chi connectivity index (χ1) is 25.1. The molecule has 0 aromatic heterocycles. The van der Waals surface area contributed by atoms with Gasteiger partial charge in [-0.2, -0.15) is 0 Å². The first-order valence-electron chi connectivity index (χ1n) is 16.6. The molecular weight excluding hydrogens is 713 g/mol. The third-order valence-corrected chi connectivity index (χ3v) is 8.61. The Hall–Kier alpha value is -5.16. The highest BCUT2D eigenvalue weighted by Gasteiger charge is 2.24. The highest BCUT2D eigenvalue weighted by Crippen LogP contribution is 2.43. The first-order valence-corrected chi connectivity index (χ1v) is 18.7. The molecule has 4 aromatic rings. The molecule has 0 radical (unpaired) electrons. The average molecular weight is 753 g/mol. The van der Waals surface area contributed by atoms with Gasteiger partial charge in [0.2, 0.25) is 0 Å². The van der Waals surface area contributed by atoms with E-state index < -0.39 is 34.5 Å². The van der Waals surface area contributed by atoms with Crippen LogP contribution in [0.2, 0.25) is 0 Å². The molecule has 2 aliphatic rings. The standard InChI is InChI=1S/2C17H18N2O5S.C2H6/c2*20-17(21)12-10-14(18-25(22)23)16(24-13-6-2-1-3-7-13)15(11-12)19-8-4-5-9-19;1-2/h2*1-3,6-7,10-11,18H,4-5,8-9H2,(H,20,21)(H,22,23);1-2H3/p-2. The summed E-state index contributed by atoms with van der Waals surface area (Å²) in [4.78, 5) is 26.9. The van der Waals surface area contributed by atoms with E-state index in [0.717, 1.165) is 51.9 Å². The fourth-order valence-corrected chi connectivity index (χ4v) is 6.28. The Kier molecular flexibility index (Phi) is 14.8. The molecule has 2 unspecified atom stereocenters. The number of anilines is 4. The molecule has 4 aromatic carbocycles. The number of carboxylic acids is 2. The van der Waals surface area contributed by atoms with E-state index in [0.29, 0.717) is 34.4 Å². The van der Waals surface area contributed by atoms with Crippen molar-refractivity contribution in [1.82, 2.24) is 0 Å². The SMILES string of the molecule is CC.O=C(O)c1cc(NS(=O)[O-])c(Oc2ccccc2)c(N2CCCC2)c1.O=C(O)c1cc(NS(=O)[O-])c(Oc2ccccc2)c(N2CCCC2)c1. The van der Waals surface area contributed by atoms with E-state index in [-0.39, 0.29) is 22.5 Å². The lowest BCUT2D eigenvalue weighted by Crippen LogP contribution is -2.20. The topological polar surface area (TPSA) is 204 Å². The van der Waals surface area contributed by atoms with Crippen LogP contribution in [-0.2, 0) is 22.5 Å². The van der Waals surface area contributed by atoms with E-state index in [1.807, 2.05) is 35.8 Å². The van der Waals surface area contributed by atoms with Crippen LogP contribution in [0, 0.1) is 0 Å². The van der Waals surface area contributed by atoms with Crippen LogP contribution in [0.4, 0.5) is 22.7 Å². The number of nitrogens with one attached hydrogen (secondary N) is 2. The van der Waals surface area contributed by atoms with Crippen molar-refractivity contribution in [3.63, 3.8) is 0 Å². The minimum Gasteiger partial charge on any atom is -0.755 e. The molecule has 0 aliphatic carbocycles. The van der Waals surface area contributed by atoms with Crippen molar-refractivity contribution in [2.24, 2.45) is 0 Å². The molecule has 0 saturated carbocycles. The van der Waals surface area contributed by atoms with Gasteiger partial charge < -0.3 is 48.0 Å². The molecule has 52 heavy (non-hydrogen) atoms. The van der Waals surface area contributed by atoms with Gasteiger partial charge in [0.25, 0.3) is 0 Å². The molecule has 0 amide bonds. The molecule has 0 spiro atoms. The van der Waals surface area contributed by atoms with Crippen LogP contribution in [-0.4, -0.2) is 65.9 Å².